The highest BCUT2D eigenvalue weighted by Crippen LogP contribution is 2.46. The number of Topliss-reactive ketones (excluding diaryl/α,β-unsaturated/α-hetero) is 1. The standard InChI is InChI=1S/C29H26N2O8/c1-35-19-9-5-8-17-11-20(39-27(17)19)25(32)23-24(18-12-21(36-2)28(38-4)22(13-18)37-3)31(29(34)26(23)33)15-16-7-6-10-30-14-16/h5-14,24,33H,15H2,1-4H3. The molecule has 200 valence electrons. The van der Waals surface area contributed by atoms with Gasteiger partial charge in [-0.3, -0.25) is 9.59 Å². The molecule has 1 atom stereocenters. The highest BCUT2D eigenvalue weighted by molar-refractivity contribution is 6.16. The second-order valence-corrected chi connectivity index (χ2v) is 8.77. The van der Waals surface area contributed by atoms with E-state index in [0.717, 1.165) is 5.56 Å². The van der Waals surface area contributed by atoms with Crippen molar-refractivity contribution in [3.8, 4) is 23.0 Å². The number of hydrogen-bond donors (Lipinski definition) is 0. The van der Waals surface area contributed by atoms with Crippen LogP contribution in [0.3, 0.4) is 0 Å². The number of carbonyl (C=O) groups excluding carboxylic acids is 2. The van der Waals surface area contributed by atoms with Gasteiger partial charge in [-0.1, -0.05) is 12.1 Å². The summed E-state index contributed by atoms with van der Waals surface area (Å²) in [4.78, 5) is 31.6. The van der Waals surface area contributed by atoms with Crippen LogP contribution < -0.4 is 29.0 Å². The minimum Gasteiger partial charge on any atom is -0.868 e. The summed E-state index contributed by atoms with van der Waals surface area (Å²) in [5, 5.41) is 14.1. The van der Waals surface area contributed by atoms with Gasteiger partial charge in [-0.05, 0) is 41.7 Å². The molecule has 1 N–H and O–H groups in total. The van der Waals surface area contributed by atoms with Gasteiger partial charge in [0.25, 0.3) is 0 Å². The first-order valence-electron chi connectivity index (χ1n) is 12.0. The van der Waals surface area contributed by atoms with E-state index in [1.165, 1.54) is 39.4 Å². The number of aromatic amines is 1. The molecule has 39 heavy (non-hydrogen) atoms. The van der Waals surface area contributed by atoms with E-state index < -0.39 is 23.5 Å². The maximum atomic E-state index is 13.9. The van der Waals surface area contributed by atoms with E-state index in [-0.39, 0.29) is 17.9 Å². The van der Waals surface area contributed by atoms with Crippen LogP contribution in [0.4, 0.5) is 0 Å². The van der Waals surface area contributed by atoms with E-state index in [0.29, 0.717) is 39.5 Å². The van der Waals surface area contributed by atoms with Crippen LogP contribution in [0.2, 0.25) is 0 Å². The normalized spacial score (nSPS) is 15.1. The topological polar surface area (TPSA) is 125 Å². The summed E-state index contributed by atoms with van der Waals surface area (Å²) in [6.45, 7) is 0.0635. The molecule has 1 aliphatic heterocycles. The summed E-state index contributed by atoms with van der Waals surface area (Å²) in [6.07, 6.45) is 3.45. The largest absolute Gasteiger partial charge is 0.868 e. The van der Waals surface area contributed by atoms with Crippen molar-refractivity contribution in [3.63, 3.8) is 0 Å². The van der Waals surface area contributed by atoms with Crippen molar-refractivity contribution in [2.45, 2.75) is 12.6 Å². The number of ketones is 1. The second kappa shape index (κ2) is 10.4. The van der Waals surface area contributed by atoms with Crippen LogP contribution in [0.5, 0.6) is 23.0 Å². The number of ether oxygens (including phenoxy) is 4. The third kappa shape index (κ3) is 4.39. The number of fused-ring (bicyclic) bond motifs is 1. The molecule has 2 aromatic heterocycles. The fourth-order valence-electron chi connectivity index (χ4n) is 4.81. The first-order chi connectivity index (χ1) is 18.9. The average molecular weight is 531 g/mol. The number of para-hydroxylation sites is 1. The smallest absolute Gasteiger partial charge is 0.240 e. The molecule has 0 spiro atoms. The molecule has 0 saturated carbocycles. The van der Waals surface area contributed by atoms with Crippen molar-refractivity contribution in [3.05, 3.63) is 89.1 Å². The van der Waals surface area contributed by atoms with E-state index in [1.54, 1.807) is 48.8 Å². The number of hydrogen-bond acceptors (Lipinski definition) is 8. The zero-order valence-electron chi connectivity index (χ0n) is 21.8. The van der Waals surface area contributed by atoms with Crippen LogP contribution in [0.15, 0.2) is 76.7 Å². The Balaban J connectivity index is 1.67. The number of aromatic nitrogens is 1. The van der Waals surface area contributed by atoms with Crippen LogP contribution in [0, 0.1) is 0 Å². The number of methoxy groups -OCH3 is 4. The Labute approximate surface area is 224 Å². The Morgan fingerprint density at radius 1 is 0.974 bits per heavy atom. The van der Waals surface area contributed by atoms with Crippen LogP contribution >= 0.6 is 0 Å². The van der Waals surface area contributed by atoms with Gasteiger partial charge in [-0.15, -0.1) is 0 Å². The number of furan rings is 1. The Hall–Kier alpha value is -4.99. The number of rotatable bonds is 9. The fraction of sp³-hybridized carbons (Fsp3) is 0.207. The van der Waals surface area contributed by atoms with Crippen molar-refractivity contribution in [2.24, 2.45) is 0 Å². The number of nitrogens with one attached hydrogen (secondary N) is 1. The highest BCUT2D eigenvalue weighted by atomic mass is 16.5. The lowest BCUT2D eigenvalue weighted by atomic mass is 9.94. The van der Waals surface area contributed by atoms with Crippen LogP contribution in [0.1, 0.15) is 27.7 Å². The van der Waals surface area contributed by atoms with Gasteiger partial charge in [0.2, 0.25) is 17.4 Å². The molecule has 0 fully saturated rings. The number of nitrogens with zero attached hydrogens (tertiary/aromatic N) is 1. The van der Waals surface area contributed by atoms with Crippen molar-refractivity contribution < 1.29 is 43.0 Å². The zero-order valence-corrected chi connectivity index (χ0v) is 21.8. The minimum absolute atomic E-state index is 0.0635. The summed E-state index contributed by atoms with van der Waals surface area (Å²) in [7, 11) is 5.88. The molecule has 0 radical (unpaired) electrons. The third-order valence-electron chi connectivity index (χ3n) is 6.61. The van der Waals surface area contributed by atoms with Crippen molar-refractivity contribution in [1.82, 2.24) is 4.90 Å². The number of amides is 1. The van der Waals surface area contributed by atoms with Crippen molar-refractivity contribution in [2.75, 3.05) is 28.4 Å². The Morgan fingerprint density at radius 3 is 2.31 bits per heavy atom. The van der Waals surface area contributed by atoms with Crippen molar-refractivity contribution >= 4 is 22.7 Å². The lowest BCUT2D eigenvalue weighted by Crippen LogP contribution is -2.32. The van der Waals surface area contributed by atoms with Gasteiger partial charge in [-0.2, -0.15) is 0 Å². The monoisotopic (exact) mass is 530 g/mol. The van der Waals surface area contributed by atoms with Crippen LogP contribution in [-0.4, -0.2) is 45.0 Å². The van der Waals surface area contributed by atoms with Gasteiger partial charge in [-0.25, -0.2) is 4.98 Å². The molecule has 1 aliphatic rings. The lowest BCUT2D eigenvalue weighted by molar-refractivity contribution is -0.378. The maximum absolute atomic E-state index is 13.9. The lowest BCUT2D eigenvalue weighted by Gasteiger charge is -2.28. The maximum Gasteiger partial charge on any atom is 0.240 e. The number of H-pyrrole nitrogens is 1. The van der Waals surface area contributed by atoms with Crippen LogP contribution in [-0.2, 0) is 11.3 Å². The van der Waals surface area contributed by atoms with E-state index in [2.05, 4.69) is 4.98 Å². The molecule has 5 rings (SSSR count). The molecule has 10 nitrogen and oxygen atoms in total. The summed E-state index contributed by atoms with van der Waals surface area (Å²) in [6, 6.07) is 12.5. The molecule has 0 bridgehead atoms. The molecule has 0 saturated heterocycles. The molecule has 4 aromatic rings. The molecule has 0 aliphatic carbocycles. The fourth-order valence-corrected chi connectivity index (χ4v) is 4.81. The SMILES string of the molecule is COc1cc(C2C(C(=O)c3cc4cccc(OC)c4o3)=C([O-])C(=O)N2Cc2ccc[nH+]c2)cc(OC)c1OC. The average Bonchev–Trinajstić information content (AvgIpc) is 3.51. The molecule has 3 heterocycles. The molecule has 1 unspecified atom stereocenters. The van der Waals surface area contributed by atoms with Gasteiger partial charge in [0.15, 0.2) is 41.0 Å². The van der Waals surface area contributed by atoms with Gasteiger partial charge >= 0.3 is 0 Å². The quantitative estimate of drug-likeness (QED) is 0.303. The minimum atomic E-state index is -1.05. The molecule has 10 heteroatoms. The molecule has 2 aromatic carbocycles. The van der Waals surface area contributed by atoms with Crippen molar-refractivity contribution in [1.29, 1.82) is 0 Å². The summed E-state index contributed by atoms with van der Waals surface area (Å²) in [5.41, 5.74) is 1.29. The first kappa shape index (κ1) is 25.7. The Kier molecular flexibility index (Phi) is 6.84. The zero-order chi connectivity index (χ0) is 27.7. The third-order valence-corrected chi connectivity index (χ3v) is 6.61. The second-order valence-electron chi connectivity index (χ2n) is 8.77. The van der Waals surface area contributed by atoms with Gasteiger partial charge in [0.05, 0.1) is 41.0 Å². The van der Waals surface area contributed by atoms with E-state index in [1.807, 2.05) is 6.07 Å². The summed E-state index contributed by atoms with van der Waals surface area (Å²) >= 11 is 0. The van der Waals surface area contributed by atoms with Gasteiger partial charge in [0, 0.05) is 22.6 Å². The van der Waals surface area contributed by atoms with Gasteiger partial charge < -0.3 is 33.4 Å². The number of pyridine rings is 1. The highest BCUT2D eigenvalue weighted by Gasteiger charge is 2.41. The molecular weight excluding hydrogens is 504 g/mol. The Morgan fingerprint density at radius 2 is 1.69 bits per heavy atom. The molecular formula is C29H26N2O8. The first-order valence-corrected chi connectivity index (χ1v) is 12.0. The summed E-state index contributed by atoms with van der Waals surface area (Å²) < 4.78 is 27.7. The van der Waals surface area contributed by atoms with E-state index >= 15 is 0 Å². The predicted molar refractivity (Wildman–Crippen MR) is 137 cm³/mol. The number of carbonyl (C=O) groups is 2. The Bertz CT molecular complexity index is 1570. The van der Waals surface area contributed by atoms with Gasteiger partial charge in [0.1, 0.15) is 0 Å². The number of benzene rings is 2. The van der Waals surface area contributed by atoms with E-state index in [4.69, 9.17) is 23.4 Å². The molecule has 1 amide bonds. The predicted octanol–water partition coefficient (Wildman–Crippen LogP) is 2.86. The summed E-state index contributed by atoms with van der Waals surface area (Å²) in [5.74, 6) is -1.11. The van der Waals surface area contributed by atoms with E-state index in [9.17, 15) is 14.7 Å². The van der Waals surface area contributed by atoms with Crippen LogP contribution in [0.25, 0.3) is 11.0 Å².